The van der Waals surface area contributed by atoms with Gasteiger partial charge in [-0.2, -0.15) is 5.10 Å². The fourth-order valence-corrected chi connectivity index (χ4v) is 2.44. The highest BCUT2D eigenvalue weighted by atomic mass is 16.2. The molecule has 3 atom stereocenters. The number of hydrogen-bond donors (Lipinski definition) is 2. The molecule has 1 aliphatic heterocycles. The quantitative estimate of drug-likeness (QED) is 0.843. The SMILES string of the molecule is CC(N)C(C)C(=O)N1CCCC(c2ccn[nH]2)C1. The third-order valence-corrected chi connectivity index (χ3v) is 3.87. The number of carbonyl (C=O) groups is 1. The van der Waals surface area contributed by atoms with Crippen LogP contribution < -0.4 is 5.73 Å². The van der Waals surface area contributed by atoms with E-state index in [2.05, 4.69) is 10.2 Å². The van der Waals surface area contributed by atoms with Crippen LogP contribution in [0.4, 0.5) is 0 Å². The fraction of sp³-hybridized carbons (Fsp3) is 0.692. The number of aromatic amines is 1. The summed E-state index contributed by atoms with van der Waals surface area (Å²) in [6.45, 7) is 5.42. The van der Waals surface area contributed by atoms with Crippen LogP contribution in [0.3, 0.4) is 0 Å². The van der Waals surface area contributed by atoms with Crippen molar-refractivity contribution in [3.05, 3.63) is 18.0 Å². The van der Waals surface area contributed by atoms with E-state index in [1.807, 2.05) is 24.8 Å². The van der Waals surface area contributed by atoms with Gasteiger partial charge in [0.05, 0.1) is 5.92 Å². The predicted octanol–water partition coefficient (Wildman–Crippen LogP) is 1.10. The molecule has 0 aromatic carbocycles. The second-order valence-corrected chi connectivity index (χ2v) is 5.28. The van der Waals surface area contributed by atoms with Crippen LogP contribution in [0.15, 0.2) is 12.3 Å². The summed E-state index contributed by atoms with van der Waals surface area (Å²) in [5.41, 5.74) is 6.93. The molecule has 3 N–H and O–H groups in total. The summed E-state index contributed by atoms with van der Waals surface area (Å²) in [6.07, 6.45) is 3.92. The van der Waals surface area contributed by atoms with Crippen LogP contribution in [0, 0.1) is 5.92 Å². The smallest absolute Gasteiger partial charge is 0.226 e. The van der Waals surface area contributed by atoms with E-state index in [1.165, 1.54) is 0 Å². The zero-order chi connectivity index (χ0) is 13.1. The Bertz CT molecular complexity index is 388. The summed E-state index contributed by atoms with van der Waals surface area (Å²) >= 11 is 0. The molecule has 1 aromatic rings. The van der Waals surface area contributed by atoms with Crippen molar-refractivity contribution >= 4 is 5.91 Å². The van der Waals surface area contributed by atoms with E-state index < -0.39 is 0 Å². The highest BCUT2D eigenvalue weighted by Crippen LogP contribution is 2.26. The number of carbonyl (C=O) groups excluding carboxylic acids is 1. The second-order valence-electron chi connectivity index (χ2n) is 5.28. The number of hydrogen-bond acceptors (Lipinski definition) is 3. The van der Waals surface area contributed by atoms with Crippen molar-refractivity contribution < 1.29 is 4.79 Å². The number of nitrogens with two attached hydrogens (primary N) is 1. The molecule has 18 heavy (non-hydrogen) atoms. The fourth-order valence-electron chi connectivity index (χ4n) is 2.44. The van der Waals surface area contributed by atoms with E-state index in [9.17, 15) is 4.79 Å². The van der Waals surface area contributed by atoms with Crippen molar-refractivity contribution in [1.29, 1.82) is 0 Å². The molecule has 1 fully saturated rings. The van der Waals surface area contributed by atoms with Crippen LogP contribution in [-0.4, -0.2) is 40.1 Å². The zero-order valence-corrected chi connectivity index (χ0v) is 11.1. The molecule has 1 saturated heterocycles. The molecule has 2 heterocycles. The average Bonchev–Trinajstić information content (AvgIpc) is 2.91. The molecule has 5 heteroatoms. The number of aromatic nitrogens is 2. The minimum absolute atomic E-state index is 0.0926. The number of piperidine rings is 1. The summed E-state index contributed by atoms with van der Waals surface area (Å²) in [5, 5.41) is 6.99. The summed E-state index contributed by atoms with van der Waals surface area (Å²) in [7, 11) is 0. The van der Waals surface area contributed by atoms with Gasteiger partial charge in [-0.3, -0.25) is 9.89 Å². The molecule has 3 unspecified atom stereocenters. The lowest BCUT2D eigenvalue weighted by Gasteiger charge is -2.34. The molecule has 0 saturated carbocycles. The van der Waals surface area contributed by atoms with Gasteiger partial charge in [0, 0.05) is 36.9 Å². The van der Waals surface area contributed by atoms with E-state index in [-0.39, 0.29) is 17.9 Å². The summed E-state index contributed by atoms with van der Waals surface area (Å²) < 4.78 is 0. The van der Waals surface area contributed by atoms with Crippen molar-refractivity contribution in [3.63, 3.8) is 0 Å². The molecule has 0 aliphatic carbocycles. The van der Waals surface area contributed by atoms with Crippen molar-refractivity contribution in [2.45, 2.75) is 38.6 Å². The topological polar surface area (TPSA) is 75.0 Å². The van der Waals surface area contributed by atoms with Crippen LogP contribution in [0.25, 0.3) is 0 Å². The van der Waals surface area contributed by atoms with E-state index in [0.717, 1.165) is 31.6 Å². The molecular weight excluding hydrogens is 228 g/mol. The number of H-pyrrole nitrogens is 1. The van der Waals surface area contributed by atoms with Gasteiger partial charge in [0.15, 0.2) is 0 Å². The summed E-state index contributed by atoms with van der Waals surface area (Å²) in [6, 6.07) is 1.90. The van der Waals surface area contributed by atoms with Crippen molar-refractivity contribution in [1.82, 2.24) is 15.1 Å². The van der Waals surface area contributed by atoms with Crippen LogP contribution in [-0.2, 0) is 4.79 Å². The molecule has 0 bridgehead atoms. The molecule has 1 aliphatic rings. The monoisotopic (exact) mass is 250 g/mol. The number of nitrogens with one attached hydrogen (secondary N) is 1. The largest absolute Gasteiger partial charge is 0.342 e. The average molecular weight is 250 g/mol. The molecule has 100 valence electrons. The minimum Gasteiger partial charge on any atom is -0.342 e. The summed E-state index contributed by atoms with van der Waals surface area (Å²) in [5.74, 6) is 0.449. The van der Waals surface area contributed by atoms with Crippen LogP contribution in [0.1, 0.15) is 38.3 Å². The van der Waals surface area contributed by atoms with Crippen LogP contribution in [0.2, 0.25) is 0 Å². The van der Waals surface area contributed by atoms with Gasteiger partial charge in [-0.25, -0.2) is 0 Å². The first-order valence-corrected chi connectivity index (χ1v) is 6.63. The Labute approximate surface area is 108 Å². The molecular formula is C13H22N4O. The predicted molar refractivity (Wildman–Crippen MR) is 70.0 cm³/mol. The Kier molecular flexibility index (Phi) is 4.01. The maximum Gasteiger partial charge on any atom is 0.226 e. The van der Waals surface area contributed by atoms with Crippen LogP contribution >= 0.6 is 0 Å². The zero-order valence-electron chi connectivity index (χ0n) is 11.1. The Morgan fingerprint density at radius 3 is 3.00 bits per heavy atom. The maximum atomic E-state index is 12.3. The number of amides is 1. The van der Waals surface area contributed by atoms with E-state index in [4.69, 9.17) is 5.73 Å². The van der Waals surface area contributed by atoms with Gasteiger partial charge in [0.25, 0.3) is 0 Å². The number of rotatable bonds is 3. The van der Waals surface area contributed by atoms with Gasteiger partial charge in [0.2, 0.25) is 5.91 Å². The lowest BCUT2D eigenvalue weighted by Crippen LogP contribution is -2.45. The first kappa shape index (κ1) is 13.1. The highest BCUT2D eigenvalue weighted by molar-refractivity contribution is 5.79. The summed E-state index contributed by atoms with van der Waals surface area (Å²) in [4.78, 5) is 14.2. The molecule has 1 amide bonds. The highest BCUT2D eigenvalue weighted by Gasteiger charge is 2.29. The first-order chi connectivity index (χ1) is 8.59. The lowest BCUT2D eigenvalue weighted by molar-refractivity contribution is -0.136. The van der Waals surface area contributed by atoms with Gasteiger partial charge < -0.3 is 10.6 Å². The van der Waals surface area contributed by atoms with Gasteiger partial charge in [-0.15, -0.1) is 0 Å². The lowest BCUT2D eigenvalue weighted by atomic mass is 9.93. The Morgan fingerprint density at radius 2 is 2.39 bits per heavy atom. The normalized spacial score (nSPS) is 23.7. The van der Waals surface area contributed by atoms with Gasteiger partial charge in [-0.05, 0) is 25.8 Å². The minimum atomic E-state index is -0.106. The first-order valence-electron chi connectivity index (χ1n) is 6.63. The molecule has 0 radical (unpaired) electrons. The van der Waals surface area contributed by atoms with E-state index >= 15 is 0 Å². The van der Waals surface area contributed by atoms with Crippen LogP contribution in [0.5, 0.6) is 0 Å². The Morgan fingerprint density at radius 1 is 1.61 bits per heavy atom. The third kappa shape index (κ3) is 2.72. The third-order valence-electron chi connectivity index (χ3n) is 3.87. The van der Waals surface area contributed by atoms with Crippen molar-refractivity contribution in [2.75, 3.05) is 13.1 Å². The number of nitrogens with zero attached hydrogens (tertiary/aromatic N) is 2. The standard InChI is InChI=1S/C13H22N4O/c1-9(10(2)14)13(18)17-7-3-4-11(8-17)12-5-6-15-16-12/h5-6,9-11H,3-4,7-8,14H2,1-2H3,(H,15,16). The van der Waals surface area contributed by atoms with Crippen molar-refractivity contribution in [2.24, 2.45) is 11.7 Å². The Balaban J connectivity index is 2.01. The molecule has 0 spiro atoms. The van der Waals surface area contributed by atoms with Gasteiger partial charge in [-0.1, -0.05) is 6.92 Å². The Hall–Kier alpha value is -1.36. The second kappa shape index (κ2) is 5.52. The van der Waals surface area contributed by atoms with E-state index in [0.29, 0.717) is 5.92 Å². The van der Waals surface area contributed by atoms with E-state index in [1.54, 1.807) is 6.20 Å². The van der Waals surface area contributed by atoms with Gasteiger partial charge in [0.1, 0.15) is 0 Å². The maximum absolute atomic E-state index is 12.3. The number of likely N-dealkylation sites (tertiary alicyclic amines) is 1. The molecule has 5 nitrogen and oxygen atoms in total. The van der Waals surface area contributed by atoms with Gasteiger partial charge >= 0.3 is 0 Å². The molecule has 2 rings (SSSR count). The van der Waals surface area contributed by atoms with Crippen molar-refractivity contribution in [3.8, 4) is 0 Å². The molecule has 1 aromatic heterocycles.